The maximum Gasteiger partial charge on any atom is 0.0643 e. The van der Waals surface area contributed by atoms with Gasteiger partial charge in [0.1, 0.15) is 0 Å². The topological polar surface area (TPSA) is 47.7 Å². The second-order valence-electron chi connectivity index (χ2n) is 5.54. The Bertz CT molecular complexity index is 552. The zero-order valence-corrected chi connectivity index (χ0v) is 13.1. The molecule has 20 heavy (non-hydrogen) atoms. The number of hydrogen-bond acceptors (Lipinski definition) is 3. The summed E-state index contributed by atoms with van der Waals surface area (Å²) in [6, 6.07) is 2.78. The van der Waals surface area contributed by atoms with Gasteiger partial charge in [0.2, 0.25) is 0 Å². The van der Waals surface area contributed by atoms with Gasteiger partial charge < -0.3 is 5.32 Å². The van der Waals surface area contributed by atoms with Crippen LogP contribution in [-0.4, -0.2) is 26.1 Å². The summed E-state index contributed by atoms with van der Waals surface area (Å²) in [4.78, 5) is 0. The summed E-state index contributed by atoms with van der Waals surface area (Å²) in [5.74, 6) is 0. The molecule has 0 spiro atoms. The molecule has 2 rings (SSSR count). The molecule has 1 N–H and O–H groups in total. The van der Waals surface area contributed by atoms with Gasteiger partial charge in [-0.2, -0.15) is 10.2 Å². The van der Waals surface area contributed by atoms with Gasteiger partial charge in [-0.1, -0.05) is 6.92 Å². The number of likely N-dealkylation sites (N-methyl/N-ethyl adjacent to an activating group) is 1. The zero-order chi connectivity index (χ0) is 14.7. The monoisotopic (exact) mass is 275 g/mol. The molecule has 2 aromatic rings. The first kappa shape index (κ1) is 14.8. The van der Waals surface area contributed by atoms with E-state index in [4.69, 9.17) is 0 Å². The van der Waals surface area contributed by atoms with Gasteiger partial charge >= 0.3 is 0 Å². The molecule has 0 aliphatic rings. The predicted molar refractivity (Wildman–Crippen MR) is 80.7 cm³/mol. The van der Waals surface area contributed by atoms with Crippen LogP contribution in [0, 0.1) is 6.92 Å². The van der Waals surface area contributed by atoms with E-state index in [2.05, 4.69) is 61.7 Å². The van der Waals surface area contributed by atoms with E-state index in [9.17, 15) is 0 Å². The summed E-state index contributed by atoms with van der Waals surface area (Å²) in [5.41, 5.74) is 3.46. The summed E-state index contributed by atoms with van der Waals surface area (Å²) < 4.78 is 3.89. The maximum absolute atomic E-state index is 4.64. The minimum atomic E-state index is 0.268. The largest absolute Gasteiger partial charge is 0.310 e. The van der Waals surface area contributed by atoms with Crippen LogP contribution in [0.4, 0.5) is 0 Å². The second-order valence-corrected chi connectivity index (χ2v) is 5.54. The summed E-state index contributed by atoms with van der Waals surface area (Å²) in [7, 11) is 1.97. The lowest BCUT2D eigenvalue weighted by molar-refractivity contribution is 0.505. The molecular formula is C15H25N5. The molecule has 110 valence electrons. The molecule has 0 aliphatic heterocycles. The molecule has 0 aliphatic carbocycles. The lowest BCUT2D eigenvalue weighted by atomic mass is 10.0. The van der Waals surface area contributed by atoms with E-state index in [0.717, 1.165) is 24.4 Å². The van der Waals surface area contributed by atoms with Crippen LogP contribution in [0.5, 0.6) is 0 Å². The van der Waals surface area contributed by atoms with Gasteiger partial charge in [0.15, 0.2) is 0 Å². The number of nitrogens with zero attached hydrogens (tertiary/aromatic N) is 4. The molecule has 0 bridgehead atoms. The van der Waals surface area contributed by atoms with E-state index in [1.165, 1.54) is 5.56 Å². The van der Waals surface area contributed by atoms with E-state index in [0.29, 0.717) is 6.04 Å². The SMILES string of the molecule is CCNC(Cc1ccn(C(C)C)n1)c1cn(C)nc1C. The lowest BCUT2D eigenvalue weighted by Gasteiger charge is -2.16. The Balaban J connectivity index is 2.18. The van der Waals surface area contributed by atoms with Gasteiger partial charge in [-0.25, -0.2) is 0 Å². The number of aromatic nitrogens is 4. The standard InChI is InChI=1S/C15H25N5/c1-6-16-15(14-10-19(5)17-12(14)4)9-13-7-8-20(18-13)11(2)3/h7-8,10-11,15-16H,6,9H2,1-5H3. The normalized spacial score (nSPS) is 13.1. The lowest BCUT2D eigenvalue weighted by Crippen LogP contribution is -2.23. The molecule has 2 aromatic heterocycles. The van der Waals surface area contributed by atoms with Gasteiger partial charge in [0, 0.05) is 43.5 Å². The van der Waals surface area contributed by atoms with Crippen LogP contribution in [0.1, 0.15) is 49.8 Å². The highest BCUT2D eigenvalue weighted by atomic mass is 15.3. The Kier molecular flexibility index (Phi) is 4.60. The van der Waals surface area contributed by atoms with Crippen molar-refractivity contribution < 1.29 is 0 Å². The Morgan fingerprint density at radius 3 is 2.55 bits per heavy atom. The van der Waals surface area contributed by atoms with E-state index in [1.54, 1.807) is 0 Å². The Morgan fingerprint density at radius 2 is 2.05 bits per heavy atom. The fourth-order valence-electron chi connectivity index (χ4n) is 2.48. The predicted octanol–water partition coefficient (Wildman–Crippen LogP) is 2.40. The molecule has 5 heteroatoms. The van der Waals surface area contributed by atoms with Gasteiger partial charge in [-0.3, -0.25) is 9.36 Å². The van der Waals surface area contributed by atoms with Crippen LogP contribution >= 0.6 is 0 Å². The van der Waals surface area contributed by atoms with Crippen molar-refractivity contribution in [1.82, 2.24) is 24.9 Å². The molecule has 0 saturated carbocycles. The highest BCUT2D eigenvalue weighted by Crippen LogP contribution is 2.20. The number of rotatable bonds is 6. The number of hydrogen-bond donors (Lipinski definition) is 1. The van der Waals surface area contributed by atoms with Crippen LogP contribution in [-0.2, 0) is 13.5 Å². The van der Waals surface area contributed by atoms with Crippen LogP contribution in [0.25, 0.3) is 0 Å². The fourth-order valence-corrected chi connectivity index (χ4v) is 2.48. The molecule has 5 nitrogen and oxygen atoms in total. The smallest absolute Gasteiger partial charge is 0.0643 e. The first-order valence-electron chi connectivity index (χ1n) is 7.28. The average molecular weight is 275 g/mol. The maximum atomic E-state index is 4.64. The highest BCUT2D eigenvalue weighted by Gasteiger charge is 2.17. The third-order valence-electron chi connectivity index (χ3n) is 3.48. The van der Waals surface area contributed by atoms with Crippen molar-refractivity contribution in [2.75, 3.05) is 6.54 Å². The van der Waals surface area contributed by atoms with E-state index < -0.39 is 0 Å². The quantitative estimate of drug-likeness (QED) is 0.880. The van der Waals surface area contributed by atoms with Crippen LogP contribution < -0.4 is 5.32 Å². The zero-order valence-electron chi connectivity index (χ0n) is 13.1. The van der Waals surface area contributed by atoms with Crippen molar-refractivity contribution in [2.45, 2.75) is 46.2 Å². The summed E-state index contributed by atoms with van der Waals surface area (Å²) in [6.07, 6.45) is 5.04. The van der Waals surface area contributed by atoms with Gasteiger partial charge in [-0.15, -0.1) is 0 Å². The first-order chi connectivity index (χ1) is 9.51. The number of aryl methyl sites for hydroxylation is 2. The average Bonchev–Trinajstić information content (AvgIpc) is 2.95. The molecule has 0 aromatic carbocycles. The third-order valence-corrected chi connectivity index (χ3v) is 3.48. The van der Waals surface area contributed by atoms with Crippen molar-refractivity contribution >= 4 is 0 Å². The minimum Gasteiger partial charge on any atom is -0.310 e. The summed E-state index contributed by atoms with van der Waals surface area (Å²) >= 11 is 0. The van der Waals surface area contributed by atoms with Crippen molar-refractivity contribution in [3.05, 3.63) is 35.4 Å². The Labute approximate surface area is 121 Å². The van der Waals surface area contributed by atoms with Crippen LogP contribution in [0.15, 0.2) is 18.5 Å². The molecule has 0 amide bonds. The molecule has 0 fully saturated rings. The molecule has 2 heterocycles. The fraction of sp³-hybridized carbons (Fsp3) is 0.600. The van der Waals surface area contributed by atoms with Crippen LogP contribution in [0.3, 0.4) is 0 Å². The third kappa shape index (κ3) is 3.28. The summed E-state index contributed by atoms with van der Waals surface area (Å²) in [5, 5.41) is 12.6. The van der Waals surface area contributed by atoms with Gasteiger partial charge in [0.25, 0.3) is 0 Å². The van der Waals surface area contributed by atoms with Crippen molar-refractivity contribution in [2.24, 2.45) is 7.05 Å². The van der Waals surface area contributed by atoms with E-state index >= 15 is 0 Å². The Morgan fingerprint density at radius 1 is 1.30 bits per heavy atom. The summed E-state index contributed by atoms with van der Waals surface area (Å²) in [6.45, 7) is 9.41. The van der Waals surface area contributed by atoms with E-state index in [-0.39, 0.29) is 6.04 Å². The molecular weight excluding hydrogens is 250 g/mol. The van der Waals surface area contributed by atoms with E-state index in [1.807, 2.05) is 16.4 Å². The minimum absolute atomic E-state index is 0.268. The second kappa shape index (κ2) is 6.22. The molecule has 1 atom stereocenters. The molecule has 0 radical (unpaired) electrons. The first-order valence-corrected chi connectivity index (χ1v) is 7.28. The van der Waals surface area contributed by atoms with Crippen molar-refractivity contribution in [3.63, 3.8) is 0 Å². The highest BCUT2D eigenvalue weighted by molar-refractivity contribution is 5.22. The molecule has 0 saturated heterocycles. The number of nitrogens with one attached hydrogen (secondary N) is 1. The Hall–Kier alpha value is -1.62. The van der Waals surface area contributed by atoms with Crippen molar-refractivity contribution in [1.29, 1.82) is 0 Å². The van der Waals surface area contributed by atoms with Gasteiger partial charge in [-0.05, 0) is 33.4 Å². The van der Waals surface area contributed by atoms with Crippen molar-refractivity contribution in [3.8, 4) is 0 Å². The van der Waals surface area contributed by atoms with Gasteiger partial charge in [0.05, 0.1) is 11.4 Å². The van der Waals surface area contributed by atoms with Crippen LogP contribution in [0.2, 0.25) is 0 Å². The molecule has 1 unspecified atom stereocenters.